The van der Waals surface area contributed by atoms with E-state index in [1.54, 1.807) is 0 Å². The summed E-state index contributed by atoms with van der Waals surface area (Å²) in [6, 6.07) is 10.9. The molecule has 0 amide bonds. The zero-order chi connectivity index (χ0) is 10.4. The van der Waals surface area contributed by atoms with Crippen LogP contribution in [0.1, 0.15) is 25.5 Å². The molecule has 0 unspecified atom stereocenters. The van der Waals surface area contributed by atoms with Crippen LogP contribution in [0, 0.1) is 0 Å². The van der Waals surface area contributed by atoms with E-state index >= 15 is 0 Å². The topological polar surface area (TPSA) is 3.24 Å². The first kappa shape index (κ1) is 11.0. The molecule has 0 aliphatic heterocycles. The molecule has 0 aromatic heterocycles. The number of nitrogens with zero attached hydrogens (tertiary/aromatic N) is 1. The first-order chi connectivity index (χ1) is 6.83. The molecule has 0 saturated carbocycles. The number of rotatable bonds is 5. The molecule has 0 aliphatic rings. The predicted molar refractivity (Wildman–Crippen MR) is 62.3 cm³/mol. The van der Waals surface area contributed by atoms with E-state index in [1.807, 2.05) is 12.1 Å². The Hall–Kier alpha value is -1.08. The van der Waals surface area contributed by atoms with E-state index in [4.69, 9.17) is 0 Å². The van der Waals surface area contributed by atoms with Crippen molar-refractivity contribution in [3.8, 4) is 0 Å². The molecular formula is C13H19N. The molecule has 1 atom stereocenters. The van der Waals surface area contributed by atoms with Gasteiger partial charge in [-0.15, -0.1) is 6.58 Å². The summed E-state index contributed by atoms with van der Waals surface area (Å²) in [7, 11) is 0. The summed E-state index contributed by atoms with van der Waals surface area (Å²) in [6.45, 7) is 10.4. The van der Waals surface area contributed by atoms with E-state index in [-0.39, 0.29) is 0 Å². The molecule has 0 heterocycles. The average molecular weight is 189 g/mol. The highest BCUT2D eigenvalue weighted by molar-refractivity contribution is 5.22. The number of hydrogen-bond acceptors (Lipinski definition) is 1. The van der Waals surface area contributed by atoms with Crippen molar-refractivity contribution in [3.05, 3.63) is 48.6 Å². The maximum Gasteiger partial charge on any atom is 0.0528 e. The SMILES string of the molecule is C=C[C@@H](c1ccccc1)N(CC)CC. The standard InChI is InChI=1S/C13H19N/c1-4-13(14(5-2)6-3)12-10-8-7-9-11-12/h4,7-11,13H,1,5-6H2,2-3H3/t13-/m0/s1. The van der Waals surface area contributed by atoms with Gasteiger partial charge in [0.15, 0.2) is 0 Å². The average Bonchev–Trinajstić information content (AvgIpc) is 2.27. The fourth-order valence-electron chi connectivity index (χ4n) is 1.76. The second-order valence-electron chi connectivity index (χ2n) is 3.31. The van der Waals surface area contributed by atoms with E-state index in [0.717, 1.165) is 13.1 Å². The van der Waals surface area contributed by atoms with Crippen LogP contribution in [-0.2, 0) is 0 Å². The minimum atomic E-state index is 0.353. The molecule has 1 nitrogen and oxygen atoms in total. The molecule has 0 spiro atoms. The van der Waals surface area contributed by atoms with Crippen molar-refractivity contribution in [2.75, 3.05) is 13.1 Å². The van der Waals surface area contributed by atoms with Gasteiger partial charge in [0.05, 0.1) is 6.04 Å². The van der Waals surface area contributed by atoms with E-state index in [1.165, 1.54) is 5.56 Å². The Morgan fingerprint density at radius 3 is 2.21 bits per heavy atom. The lowest BCUT2D eigenvalue weighted by atomic mass is 10.1. The summed E-state index contributed by atoms with van der Waals surface area (Å²) in [4.78, 5) is 2.39. The maximum absolute atomic E-state index is 3.91. The molecule has 0 saturated heterocycles. The van der Waals surface area contributed by atoms with Crippen LogP contribution in [0.4, 0.5) is 0 Å². The van der Waals surface area contributed by atoms with Gasteiger partial charge in [-0.05, 0) is 18.7 Å². The van der Waals surface area contributed by atoms with Crippen molar-refractivity contribution in [1.29, 1.82) is 0 Å². The zero-order valence-electron chi connectivity index (χ0n) is 9.11. The van der Waals surface area contributed by atoms with Gasteiger partial charge in [0.2, 0.25) is 0 Å². The maximum atomic E-state index is 3.91. The summed E-state index contributed by atoms with van der Waals surface area (Å²) in [5, 5.41) is 0. The highest BCUT2D eigenvalue weighted by Gasteiger charge is 2.12. The smallest absolute Gasteiger partial charge is 0.0528 e. The van der Waals surface area contributed by atoms with Crippen LogP contribution in [0.15, 0.2) is 43.0 Å². The lowest BCUT2D eigenvalue weighted by Gasteiger charge is -2.27. The largest absolute Gasteiger partial charge is 0.293 e. The number of hydrogen-bond donors (Lipinski definition) is 0. The van der Waals surface area contributed by atoms with Crippen LogP contribution >= 0.6 is 0 Å². The summed E-state index contributed by atoms with van der Waals surface area (Å²) in [5.74, 6) is 0. The Kier molecular flexibility index (Phi) is 4.41. The van der Waals surface area contributed by atoms with E-state index in [0.29, 0.717) is 6.04 Å². The number of benzene rings is 1. The fraction of sp³-hybridized carbons (Fsp3) is 0.385. The van der Waals surface area contributed by atoms with Crippen LogP contribution in [0.25, 0.3) is 0 Å². The molecule has 0 aliphatic carbocycles. The van der Waals surface area contributed by atoms with Gasteiger partial charge in [-0.2, -0.15) is 0 Å². The Morgan fingerprint density at radius 2 is 1.79 bits per heavy atom. The Morgan fingerprint density at radius 1 is 1.21 bits per heavy atom. The third-order valence-corrected chi connectivity index (χ3v) is 2.57. The lowest BCUT2D eigenvalue weighted by molar-refractivity contribution is 0.257. The molecule has 1 rings (SSSR count). The molecule has 76 valence electrons. The van der Waals surface area contributed by atoms with Crippen LogP contribution < -0.4 is 0 Å². The van der Waals surface area contributed by atoms with Crippen molar-refractivity contribution >= 4 is 0 Å². The minimum absolute atomic E-state index is 0.353. The van der Waals surface area contributed by atoms with Crippen LogP contribution in [0.5, 0.6) is 0 Å². The van der Waals surface area contributed by atoms with Crippen LogP contribution in [-0.4, -0.2) is 18.0 Å². The Labute approximate surface area is 87.1 Å². The molecule has 0 N–H and O–H groups in total. The summed E-state index contributed by atoms with van der Waals surface area (Å²) in [5.41, 5.74) is 1.33. The van der Waals surface area contributed by atoms with Gasteiger partial charge < -0.3 is 0 Å². The van der Waals surface area contributed by atoms with Crippen molar-refractivity contribution < 1.29 is 0 Å². The van der Waals surface area contributed by atoms with E-state index in [9.17, 15) is 0 Å². The molecule has 1 aromatic rings. The van der Waals surface area contributed by atoms with Gasteiger partial charge in [-0.1, -0.05) is 50.3 Å². The first-order valence-electron chi connectivity index (χ1n) is 5.25. The Balaban J connectivity index is 2.86. The fourth-order valence-corrected chi connectivity index (χ4v) is 1.76. The van der Waals surface area contributed by atoms with Crippen molar-refractivity contribution in [1.82, 2.24) is 4.90 Å². The summed E-state index contributed by atoms with van der Waals surface area (Å²) in [6.07, 6.45) is 2.02. The summed E-state index contributed by atoms with van der Waals surface area (Å²) >= 11 is 0. The normalized spacial score (nSPS) is 12.8. The second kappa shape index (κ2) is 5.61. The highest BCUT2D eigenvalue weighted by atomic mass is 15.1. The molecule has 1 aromatic carbocycles. The minimum Gasteiger partial charge on any atom is -0.293 e. The number of likely N-dealkylation sites (N-methyl/N-ethyl adjacent to an activating group) is 1. The predicted octanol–water partition coefficient (Wildman–Crippen LogP) is 3.26. The lowest BCUT2D eigenvalue weighted by Crippen LogP contribution is -2.26. The second-order valence-corrected chi connectivity index (χ2v) is 3.31. The Bertz CT molecular complexity index is 262. The van der Waals surface area contributed by atoms with Crippen LogP contribution in [0.2, 0.25) is 0 Å². The van der Waals surface area contributed by atoms with Crippen molar-refractivity contribution in [3.63, 3.8) is 0 Å². The molecule has 0 radical (unpaired) electrons. The van der Waals surface area contributed by atoms with Crippen molar-refractivity contribution in [2.24, 2.45) is 0 Å². The molecule has 1 heteroatoms. The van der Waals surface area contributed by atoms with Gasteiger partial charge >= 0.3 is 0 Å². The monoisotopic (exact) mass is 189 g/mol. The van der Waals surface area contributed by atoms with Gasteiger partial charge in [-0.3, -0.25) is 4.90 Å². The first-order valence-corrected chi connectivity index (χ1v) is 5.25. The molecule has 0 fully saturated rings. The molecule has 0 bridgehead atoms. The van der Waals surface area contributed by atoms with Gasteiger partial charge in [0.25, 0.3) is 0 Å². The van der Waals surface area contributed by atoms with Crippen LogP contribution in [0.3, 0.4) is 0 Å². The van der Waals surface area contributed by atoms with E-state index in [2.05, 4.69) is 49.6 Å². The van der Waals surface area contributed by atoms with Gasteiger partial charge in [-0.25, -0.2) is 0 Å². The van der Waals surface area contributed by atoms with Gasteiger partial charge in [0.1, 0.15) is 0 Å². The summed E-state index contributed by atoms with van der Waals surface area (Å²) < 4.78 is 0. The zero-order valence-corrected chi connectivity index (χ0v) is 9.11. The van der Waals surface area contributed by atoms with E-state index < -0.39 is 0 Å². The highest BCUT2D eigenvalue weighted by Crippen LogP contribution is 2.20. The van der Waals surface area contributed by atoms with Gasteiger partial charge in [0, 0.05) is 0 Å². The third-order valence-electron chi connectivity index (χ3n) is 2.57. The quantitative estimate of drug-likeness (QED) is 0.643. The molecule has 14 heavy (non-hydrogen) atoms. The molecular weight excluding hydrogens is 170 g/mol. The van der Waals surface area contributed by atoms with Crippen molar-refractivity contribution in [2.45, 2.75) is 19.9 Å². The third kappa shape index (κ3) is 2.46.